The lowest BCUT2D eigenvalue weighted by Gasteiger charge is -2.27. The van der Waals surface area contributed by atoms with Crippen LogP contribution in [0, 0.1) is 13.8 Å². The molecule has 3 rings (SSSR count). The maximum absolute atomic E-state index is 12.4. The minimum atomic E-state index is -0.224. The van der Waals surface area contributed by atoms with Crippen LogP contribution in [0.2, 0.25) is 0 Å². The molecule has 0 N–H and O–H groups in total. The number of amides is 1. The van der Waals surface area contributed by atoms with Crippen LogP contribution in [0.25, 0.3) is 0 Å². The van der Waals surface area contributed by atoms with E-state index in [1.165, 1.54) is 0 Å². The Bertz CT molecular complexity index is 636. The molecule has 98 valence electrons. The van der Waals surface area contributed by atoms with E-state index in [2.05, 4.69) is 10.1 Å². The number of nitrogens with zero attached hydrogens (tertiary/aromatic N) is 3. The van der Waals surface area contributed by atoms with Gasteiger partial charge in [0.2, 0.25) is 11.6 Å². The average Bonchev–Trinajstić information content (AvgIpc) is 2.84. The Morgan fingerprint density at radius 3 is 2.95 bits per heavy atom. The first-order chi connectivity index (χ1) is 9.15. The third-order valence-corrected chi connectivity index (χ3v) is 2.90. The summed E-state index contributed by atoms with van der Waals surface area (Å²) >= 11 is 0. The zero-order valence-corrected chi connectivity index (χ0v) is 10.7. The van der Waals surface area contributed by atoms with Crippen molar-refractivity contribution in [3.63, 3.8) is 0 Å². The van der Waals surface area contributed by atoms with E-state index >= 15 is 0 Å². The second-order valence-corrected chi connectivity index (χ2v) is 4.47. The van der Waals surface area contributed by atoms with E-state index in [0.717, 1.165) is 5.56 Å². The van der Waals surface area contributed by atoms with Gasteiger partial charge >= 0.3 is 0 Å². The number of hydrogen-bond donors (Lipinski definition) is 0. The summed E-state index contributed by atoms with van der Waals surface area (Å²) in [5.74, 6) is 0.478. The molecule has 0 unspecified atom stereocenters. The molecule has 0 aliphatic carbocycles. The van der Waals surface area contributed by atoms with E-state index in [1.807, 2.05) is 13.0 Å². The largest absolute Gasteiger partial charge is 0.474 e. The summed E-state index contributed by atoms with van der Waals surface area (Å²) in [5, 5.41) is 3.74. The molecule has 2 aromatic rings. The smallest absolute Gasteiger partial charge is 0.297 e. The summed E-state index contributed by atoms with van der Waals surface area (Å²) in [7, 11) is 0. The first kappa shape index (κ1) is 11.7. The van der Waals surface area contributed by atoms with E-state index in [9.17, 15) is 4.79 Å². The Hall–Kier alpha value is -2.37. The number of fused-ring (bicyclic) bond motifs is 1. The summed E-state index contributed by atoms with van der Waals surface area (Å²) in [5.41, 5.74) is 2.32. The molecule has 1 aliphatic heterocycles. The van der Waals surface area contributed by atoms with E-state index < -0.39 is 0 Å². The van der Waals surface area contributed by atoms with Crippen LogP contribution in [0.3, 0.4) is 0 Å². The van der Waals surface area contributed by atoms with Gasteiger partial charge in [-0.05, 0) is 25.5 Å². The first-order valence-corrected chi connectivity index (χ1v) is 6.00. The number of hydrogen-bond acceptors (Lipinski definition) is 5. The van der Waals surface area contributed by atoms with Crippen molar-refractivity contribution in [2.75, 3.05) is 18.1 Å². The van der Waals surface area contributed by atoms with Crippen LogP contribution >= 0.6 is 0 Å². The first-order valence-electron chi connectivity index (χ1n) is 6.00. The molecule has 1 aliphatic rings. The Morgan fingerprint density at radius 1 is 1.37 bits per heavy atom. The predicted molar refractivity (Wildman–Crippen MR) is 67.4 cm³/mol. The maximum Gasteiger partial charge on any atom is 0.297 e. The molecule has 0 aromatic carbocycles. The van der Waals surface area contributed by atoms with Crippen molar-refractivity contribution in [1.82, 2.24) is 10.1 Å². The van der Waals surface area contributed by atoms with Crippen LogP contribution < -0.4 is 9.64 Å². The van der Waals surface area contributed by atoms with Gasteiger partial charge in [0.25, 0.3) is 5.91 Å². The summed E-state index contributed by atoms with van der Waals surface area (Å²) < 4.78 is 10.5. The molecular formula is C13H13N3O3. The molecule has 0 bridgehead atoms. The fourth-order valence-corrected chi connectivity index (χ4v) is 2.01. The molecule has 0 radical (unpaired) electrons. The highest BCUT2D eigenvalue weighted by molar-refractivity contribution is 6.05. The van der Waals surface area contributed by atoms with Crippen LogP contribution in [0.1, 0.15) is 21.8 Å². The fraction of sp³-hybridized carbons (Fsp3) is 0.308. The highest BCUT2D eigenvalue weighted by Crippen LogP contribution is 2.31. The van der Waals surface area contributed by atoms with Gasteiger partial charge in [-0.15, -0.1) is 0 Å². The molecule has 2 aromatic heterocycles. The minimum absolute atomic E-state index is 0.224. The van der Waals surface area contributed by atoms with Gasteiger partial charge < -0.3 is 9.26 Å². The Morgan fingerprint density at radius 2 is 2.21 bits per heavy atom. The second kappa shape index (κ2) is 4.38. The summed E-state index contributed by atoms with van der Waals surface area (Å²) in [6, 6.07) is 3.50. The van der Waals surface area contributed by atoms with Crippen LogP contribution in [0.15, 0.2) is 22.9 Å². The second-order valence-electron chi connectivity index (χ2n) is 4.47. The lowest BCUT2D eigenvalue weighted by molar-refractivity contribution is 0.0940. The molecule has 1 amide bonds. The average molecular weight is 259 g/mol. The normalized spacial score (nSPS) is 13.9. The summed E-state index contributed by atoms with van der Waals surface area (Å²) in [6.45, 7) is 4.58. The lowest BCUT2D eigenvalue weighted by Crippen LogP contribution is -2.38. The third-order valence-electron chi connectivity index (χ3n) is 2.90. The van der Waals surface area contributed by atoms with Crippen molar-refractivity contribution < 1.29 is 14.1 Å². The summed E-state index contributed by atoms with van der Waals surface area (Å²) in [6.07, 6.45) is 1.71. The number of carbonyl (C=O) groups excluding carboxylic acids is 1. The zero-order valence-electron chi connectivity index (χ0n) is 10.7. The van der Waals surface area contributed by atoms with Crippen molar-refractivity contribution in [3.05, 3.63) is 35.3 Å². The zero-order chi connectivity index (χ0) is 13.4. The number of ether oxygens (including phenoxy) is 1. The topological polar surface area (TPSA) is 68.5 Å². The number of anilines is 1. The van der Waals surface area contributed by atoms with E-state index in [1.54, 1.807) is 24.1 Å². The van der Waals surface area contributed by atoms with E-state index in [4.69, 9.17) is 9.26 Å². The third kappa shape index (κ3) is 2.05. The number of aryl methyl sites for hydroxylation is 2. The van der Waals surface area contributed by atoms with Gasteiger partial charge in [0.1, 0.15) is 12.3 Å². The molecule has 6 nitrogen and oxygen atoms in total. The van der Waals surface area contributed by atoms with E-state index in [0.29, 0.717) is 30.4 Å². The van der Waals surface area contributed by atoms with Gasteiger partial charge in [0.15, 0.2) is 0 Å². The molecule has 0 saturated carbocycles. The summed E-state index contributed by atoms with van der Waals surface area (Å²) in [4.78, 5) is 18.2. The van der Waals surface area contributed by atoms with Crippen molar-refractivity contribution >= 4 is 11.6 Å². The highest BCUT2D eigenvalue weighted by Gasteiger charge is 2.28. The Labute approximate surface area is 110 Å². The monoisotopic (exact) mass is 259 g/mol. The number of carbonyl (C=O) groups is 1. The number of pyridine rings is 1. The van der Waals surface area contributed by atoms with Gasteiger partial charge in [0.05, 0.1) is 12.2 Å². The van der Waals surface area contributed by atoms with Gasteiger partial charge in [-0.3, -0.25) is 9.69 Å². The van der Waals surface area contributed by atoms with Gasteiger partial charge in [-0.25, -0.2) is 4.98 Å². The predicted octanol–water partition coefficient (Wildman–Crippen LogP) is 1.73. The SMILES string of the molecule is Cc1cnc2c(c1)N(C(=O)c1cc(C)no1)CCO2. The molecule has 6 heteroatoms. The van der Waals surface area contributed by atoms with Crippen LogP contribution in [0.5, 0.6) is 5.88 Å². The molecule has 0 saturated heterocycles. The number of aromatic nitrogens is 2. The van der Waals surface area contributed by atoms with E-state index in [-0.39, 0.29) is 11.7 Å². The molecule has 0 atom stereocenters. The van der Waals surface area contributed by atoms with Crippen molar-refractivity contribution in [1.29, 1.82) is 0 Å². The van der Waals surface area contributed by atoms with Crippen LogP contribution in [-0.4, -0.2) is 29.2 Å². The van der Waals surface area contributed by atoms with Crippen LogP contribution in [-0.2, 0) is 0 Å². The van der Waals surface area contributed by atoms with Crippen LogP contribution in [0.4, 0.5) is 5.69 Å². The molecule has 0 fully saturated rings. The standard InChI is InChI=1S/C13H13N3O3/c1-8-5-10-12(14-7-8)18-4-3-16(10)13(17)11-6-9(2)15-19-11/h5-7H,3-4H2,1-2H3. The Kier molecular flexibility index (Phi) is 2.70. The molecular weight excluding hydrogens is 246 g/mol. The highest BCUT2D eigenvalue weighted by atomic mass is 16.5. The quantitative estimate of drug-likeness (QED) is 0.780. The van der Waals surface area contributed by atoms with Gasteiger partial charge in [0, 0.05) is 12.3 Å². The molecule has 19 heavy (non-hydrogen) atoms. The fourth-order valence-electron chi connectivity index (χ4n) is 2.01. The van der Waals surface area contributed by atoms with Gasteiger partial charge in [-0.1, -0.05) is 5.16 Å². The van der Waals surface area contributed by atoms with Crippen molar-refractivity contribution in [2.45, 2.75) is 13.8 Å². The van der Waals surface area contributed by atoms with Crippen molar-refractivity contribution in [2.24, 2.45) is 0 Å². The molecule has 0 spiro atoms. The maximum atomic E-state index is 12.4. The molecule has 3 heterocycles. The lowest BCUT2D eigenvalue weighted by atomic mass is 10.2. The minimum Gasteiger partial charge on any atom is -0.474 e. The Balaban J connectivity index is 1.99. The van der Waals surface area contributed by atoms with Gasteiger partial charge in [-0.2, -0.15) is 0 Å². The van der Waals surface area contributed by atoms with Crippen molar-refractivity contribution in [3.8, 4) is 5.88 Å². The number of rotatable bonds is 1.